The molecule has 5 heteroatoms. The summed E-state index contributed by atoms with van der Waals surface area (Å²) in [4.78, 5) is 37.5. The number of amides is 1. The number of anilines is 1. The lowest BCUT2D eigenvalue weighted by Crippen LogP contribution is -2.48. The second kappa shape index (κ2) is 8.62. The Morgan fingerprint density at radius 2 is 1.67 bits per heavy atom. The van der Waals surface area contributed by atoms with E-state index >= 15 is 0 Å². The Hall–Kier alpha value is -2.17. The Kier molecular flexibility index (Phi) is 6.53. The molecule has 1 aliphatic heterocycles. The monoisotopic (exact) mass is 331 g/mol. The van der Waals surface area contributed by atoms with Crippen molar-refractivity contribution < 1.29 is 19.5 Å². The van der Waals surface area contributed by atoms with E-state index in [1.165, 1.54) is 30.6 Å². The van der Waals surface area contributed by atoms with Crippen LogP contribution in [0.5, 0.6) is 0 Å². The van der Waals surface area contributed by atoms with Gasteiger partial charge >= 0.3 is 5.97 Å². The Morgan fingerprint density at radius 3 is 2.33 bits per heavy atom. The fourth-order valence-electron chi connectivity index (χ4n) is 3.14. The third kappa shape index (κ3) is 4.02. The molecule has 0 spiro atoms. The highest BCUT2D eigenvalue weighted by Gasteiger charge is 2.43. The van der Waals surface area contributed by atoms with E-state index in [0.29, 0.717) is 17.8 Å². The topological polar surface area (TPSA) is 74.7 Å². The van der Waals surface area contributed by atoms with Crippen LogP contribution in [-0.2, 0) is 9.59 Å². The van der Waals surface area contributed by atoms with E-state index < -0.39 is 23.6 Å². The van der Waals surface area contributed by atoms with Crippen molar-refractivity contribution >= 4 is 23.3 Å². The lowest BCUT2D eigenvalue weighted by atomic mass is 9.90. The molecule has 0 aromatic heterocycles. The smallest absolute Gasteiger partial charge is 0.324 e. The van der Waals surface area contributed by atoms with Gasteiger partial charge in [0, 0.05) is 12.1 Å². The molecule has 130 valence electrons. The van der Waals surface area contributed by atoms with Gasteiger partial charge in [-0.3, -0.25) is 14.4 Å². The number of unbranched alkanes of at least 4 members (excludes halogenated alkanes) is 6. The van der Waals surface area contributed by atoms with Gasteiger partial charge in [-0.15, -0.1) is 0 Å². The zero-order valence-corrected chi connectivity index (χ0v) is 14.2. The van der Waals surface area contributed by atoms with Crippen LogP contribution >= 0.6 is 0 Å². The van der Waals surface area contributed by atoms with Crippen molar-refractivity contribution in [3.05, 3.63) is 29.8 Å². The molecule has 24 heavy (non-hydrogen) atoms. The molecule has 0 bridgehead atoms. The fraction of sp³-hybridized carbons (Fsp3) is 0.526. The van der Waals surface area contributed by atoms with Crippen LogP contribution in [0, 0.1) is 5.92 Å². The number of aliphatic carboxylic acids is 1. The van der Waals surface area contributed by atoms with Crippen LogP contribution in [0.4, 0.5) is 5.69 Å². The van der Waals surface area contributed by atoms with Gasteiger partial charge < -0.3 is 10.0 Å². The van der Waals surface area contributed by atoms with Crippen molar-refractivity contribution in [1.29, 1.82) is 0 Å². The normalized spacial score (nSPS) is 17.0. The van der Waals surface area contributed by atoms with Crippen LogP contribution in [-0.4, -0.2) is 29.3 Å². The van der Waals surface area contributed by atoms with Gasteiger partial charge in [0.05, 0.1) is 5.69 Å². The molecule has 2 rings (SSSR count). The second-order valence-corrected chi connectivity index (χ2v) is 6.26. The quantitative estimate of drug-likeness (QED) is 0.553. The summed E-state index contributed by atoms with van der Waals surface area (Å²) in [6, 6.07) is 6.76. The summed E-state index contributed by atoms with van der Waals surface area (Å²) in [5.74, 6) is -4.20. The number of hydrogen-bond donors (Lipinski definition) is 1. The molecule has 0 radical (unpaired) electrons. The molecule has 0 unspecified atom stereocenters. The molecule has 1 N–H and O–H groups in total. The summed E-state index contributed by atoms with van der Waals surface area (Å²) in [6.07, 6.45) is 7.81. The van der Waals surface area contributed by atoms with Crippen molar-refractivity contribution in [3.63, 3.8) is 0 Å². The Morgan fingerprint density at radius 1 is 1.04 bits per heavy atom. The maximum atomic E-state index is 12.5. The lowest BCUT2D eigenvalue weighted by molar-refractivity contribution is -0.144. The molecule has 5 nitrogen and oxygen atoms in total. The van der Waals surface area contributed by atoms with Gasteiger partial charge in [-0.2, -0.15) is 0 Å². The lowest BCUT2D eigenvalue weighted by Gasteiger charge is -2.31. The molecule has 1 aromatic rings. The van der Waals surface area contributed by atoms with Crippen LogP contribution in [0.15, 0.2) is 24.3 Å². The number of ketones is 1. The number of carboxylic acid groups (broad SMARTS) is 1. The van der Waals surface area contributed by atoms with E-state index in [-0.39, 0.29) is 0 Å². The molecule has 0 saturated heterocycles. The molecule has 0 aliphatic carbocycles. The van der Waals surface area contributed by atoms with Crippen molar-refractivity contribution in [2.24, 2.45) is 5.92 Å². The molecule has 1 amide bonds. The van der Waals surface area contributed by atoms with Gasteiger partial charge in [0.25, 0.3) is 0 Å². The maximum Gasteiger partial charge on any atom is 0.324 e. The number of fused-ring (bicyclic) bond motifs is 1. The summed E-state index contributed by atoms with van der Waals surface area (Å²) in [7, 11) is 0. The molecule has 0 saturated carbocycles. The molecular weight excluding hydrogens is 306 g/mol. The van der Waals surface area contributed by atoms with Crippen LogP contribution < -0.4 is 4.90 Å². The predicted octanol–water partition coefficient (Wildman–Crippen LogP) is 3.67. The van der Waals surface area contributed by atoms with Gasteiger partial charge in [-0.25, -0.2) is 0 Å². The number of para-hydroxylation sites is 1. The first-order valence-electron chi connectivity index (χ1n) is 8.75. The Bertz CT molecular complexity index is 611. The first kappa shape index (κ1) is 18.2. The van der Waals surface area contributed by atoms with Crippen LogP contribution in [0.1, 0.15) is 62.2 Å². The average molecular weight is 331 g/mol. The minimum absolute atomic E-state index is 0.326. The maximum absolute atomic E-state index is 12.5. The number of hydrogen-bond acceptors (Lipinski definition) is 3. The van der Waals surface area contributed by atoms with Crippen molar-refractivity contribution in [2.45, 2.75) is 51.9 Å². The Balaban J connectivity index is 2.02. The van der Waals surface area contributed by atoms with E-state index in [0.717, 1.165) is 19.3 Å². The number of Topliss-reactive ketones (excluding diaryl/α,β-unsaturated/α-hetero) is 1. The van der Waals surface area contributed by atoms with Gasteiger partial charge in [0.1, 0.15) is 0 Å². The van der Waals surface area contributed by atoms with E-state index in [1.807, 2.05) is 0 Å². The summed E-state index contributed by atoms with van der Waals surface area (Å²) in [5, 5.41) is 9.25. The van der Waals surface area contributed by atoms with Crippen molar-refractivity contribution in [3.8, 4) is 0 Å². The van der Waals surface area contributed by atoms with Gasteiger partial charge in [-0.05, 0) is 18.6 Å². The number of carbonyl (C=O) groups excluding carboxylic acids is 2. The highest BCUT2D eigenvalue weighted by atomic mass is 16.4. The number of nitrogens with zero attached hydrogens (tertiary/aromatic N) is 1. The van der Waals surface area contributed by atoms with Crippen LogP contribution in [0.3, 0.4) is 0 Å². The Labute approximate surface area is 142 Å². The summed E-state index contributed by atoms with van der Waals surface area (Å²) < 4.78 is 0. The van der Waals surface area contributed by atoms with Crippen molar-refractivity contribution in [2.75, 3.05) is 11.4 Å². The SMILES string of the molecule is CCCCCCCCCN1C(=O)[C@H](C(=O)O)C(=O)c2ccccc21. The van der Waals surface area contributed by atoms with Crippen LogP contribution in [0.2, 0.25) is 0 Å². The van der Waals surface area contributed by atoms with E-state index in [2.05, 4.69) is 6.92 Å². The third-order valence-corrected chi connectivity index (χ3v) is 4.47. The molecular formula is C19H25NO4. The summed E-state index contributed by atoms with van der Waals surface area (Å²) >= 11 is 0. The standard InChI is InChI=1S/C19H25NO4/c1-2-3-4-5-6-7-10-13-20-15-12-9-8-11-14(15)17(21)16(18(20)22)19(23)24/h8-9,11-12,16H,2-7,10,13H2,1H3,(H,23,24)/t16-/m1/s1. The largest absolute Gasteiger partial charge is 0.480 e. The minimum atomic E-state index is -1.61. The summed E-state index contributed by atoms with van der Waals surface area (Å²) in [6.45, 7) is 2.64. The van der Waals surface area contributed by atoms with E-state index in [9.17, 15) is 19.5 Å². The zero-order valence-electron chi connectivity index (χ0n) is 14.2. The van der Waals surface area contributed by atoms with Gasteiger partial charge in [0.15, 0.2) is 11.7 Å². The number of carboxylic acids is 1. The fourth-order valence-corrected chi connectivity index (χ4v) is 3.14. The molecule has 1 aliphatic rings. The van der Waals surface area contributed by atoms with E-state index in [4.69, 9.17) is 0 Å². The highest BCUT2D eigenvalue weighted by Crippen LogP contribution is 2.31. The summed E-state index contributed by atoms with van der Waals surface area (Å²) in [5.41, 5.74) is 0.864. The van der Waals surface area contributed by atoms with E-state index in [1.54, 1.807) is 24.3 Å². The average Bonchev–Trinajstić information content (AvgIpc) is 2.56. The predicted molar refractivity (Wildman–Crippen MR) is 92.2 cm³/mol. The molecule has 1 aromatic carbocycles. The number of rotatable bonds is 9. The number of carbonyl (C=O) groups is 3. The first-order chi connectivity index (χ1) is 11.6. The third-order valence-electron chi connectivity index (χ3n) is 4.47. The van der Waals surface area contributed by atoms with Crippen LogP contribution in [0.25, 0.3) is 0 Å². The highest BCUT2D eigenvalue weighted by molar-refractivity contribution is 6.30. The zero-order chi connectivity index (χ0) is 17.5. The van der Waals surface area contributed by atoms with Crippen molar-refractivity contribution in [1.82, 2.24) is 0 Å². The second-order valence-electron chi connectivity index (χ2n) is 6.26. The molecule has 1 heterocycles. The minimum Gasteiger partial charge on any atom is -0.480 e. The molecule has 1 atom stereocenters. The number of benzene rings is 1. The molecule has 0 fully saturated rings. The first-order valence-corrected chi connectivity index (χ1v) is 8.75. The van der Waals surface area contributed by atoms with Gasteiger partial charge in [0.2, 0.25) is 5.91 Å². The van der Waals surface area contributed by atoms with Gasteiger partial charge in [-0.1, -0.05) is 57.6 Å².